The van der Waals surface area contributed by atoms with Crippen molar-refractivity contribution < 1.29 is 19.1 Å². The molecule has 0 saturated heterocycles. The molecule has 2 N–H and O–H groups in total. The molecule has 0 fully saturated rings. The van der Waals surface area contributed by atoms with Crippen LogP contribution in [0.2, 0.25) is 0 Å². The third kappa shape index (κ3) is 5.71. The Morgan fingerprint density at radius 3 is 2.70 bits per heavy atom. The van der Waals surface area contributed by atoms with Gasteiger partial charge in [-0.1, -0.05) is 6.07 Å². The van der Waals surface area contributed by atoms with E-state index in [9.17, 15) is 9.59 Å². The lowest BCUT2D eigenvalue weighted by atomic mass is 10.2. The van der Waals surface area contributed by atoms with E-state index < -0.39 is 5.91 Å². The molecule has 1 aromatic carbocycles. The van der Waals surface area contributed by atoms with E-state index in [2.05, 4.69) is 15.4 Å². The lowest BCUT2D eigenvalue weighted by molar-refractivity contribution is -0.140. The summed E-state index contributed by atoms with van der Waals surface area (Å²) in [6.45, 7) is 2.14. The van der Waals surface area contributed by atoms with Crippen LogP contribution >= 0.6 is 0 Å². The molecule has 0 atom stereocenters. The number of carbonyl (C=O) groups is 2. The number of ether oxygens (including phenoxy) is 2. The van der Waals surface area contributed by atoms with Crippen molar-refractivity contribution in [2.45, 2.75) is 13.3 Å². The monoisotopic (exact) mass is 317 g/mol. The summed E-state index contributed by atoms with van der Waals surface area (Å²) < 4.78 is 9.66. The van der Waals surface area contributed by atoms with Crippen LogP contribution in [0.15, 0.2) is 30.0 Å². The molecule has 0 heterocycles. The Balaban J connectivity index is 2.72. The molecule has 0 unspecified atom stereocenters. The quantitative estimate of drug-likeness (QED) is 0.342. The van der Waals surface area contributed by atoms with Crippen molar-refractivity contribution in [1.82, 2.24) is 5.32 Å². The highest BCUT2D eigenvalue weighted by Gasteiger charge is 2.12. The molecule has 0 aromatic heterocycles. The standard InChI is InChI=1S/C16H19N3O4/c1-11-4-5-14(22-2)13(8-11)19-16(21)12(9-17)10-18-7-6-15(20)23-3/h4-5,8,10,18H,6-7H2,1-3H3,(H,19,21)/b12-10-. The van der Waals surface area contributed by atoms with E-state index in [4.69, 9.17) is 10.00 Å². The number of nitrogens with one attached hydrogen (secondary N) is 2. The Labute approximate surface area is 134 Å². The van der Waals surface area contributed by atoms with E-state index in [-0.39, 0.29) is 24.5 Å². The van der Waals surface area contributed by atoms with Crippen LogP contribution in [0.5, 0.6) is 5.75 Å². The molecule has 1 rings (SSSR count). The van der Waals surface area contributed by atoms with E-state index >= 15 is 0 Å². The van der Waals surface area contributed by atoms with Crippen molar-refractivity contribution in [1.29, 1.82) is 5.26 Å². The average molecular weight is 317 g/mol. The van der Waals surface area contributed by atoms with E-state index in [1.165, 1.54) is 20.4 Å². The van der Waals surface area contributed by atoms with Gasteiger partial charge in [0.15, 0.2) is 0 Å². The Kier molecular flexibility index (Phi) is 7.14. The maximum Gasteiger partial charge on any atom is 0.307 e. The second kappa shape index (κ2) is 9.10. The fourth-order valence-electron chi connectivity index (χ4n) is 1.71. The molecule has 0 radical (unpaired) electrons. The molecule has 0 spiro atoms. The maximum absolute atomic E-state index is 12.1. The summed E-state index contributed by atoms with van der Waals surface area (Å²) in [6, 6.07) is 7.13. The summed E-state index contributed by atoms with van der Waals surface area (Å²) in [4.78, 5) is 23.1. The molecule has 1 amide bonds. The smallest absolute Gasteiger partial charge is 0.307 e. The second-order valence-corrected chi connectivity index (χ2v) is 4.61. The predicted octanol–water partition coefficient (Wildman–Crippen LogP) is 1.50. The molecule has 122 valence electrons. The van der Waals surface area contributed by atoms with Gasteiger partial charge in [-0.05, 0) is 24.6 Å². The van der Waals surface area contributed by atoms with Crippen molar-refractivity contribution in [3.05, 3.63) is 35.5 Å². The highest BCUT2D eigenvalue weighted by Crippen LogP contribution is 2.25. The fourth-order valence-corrected chi connectivity index (χ4v) is 1.71. The highest BCUT2D eigenvalue weighted by molar-refractivity contribution is 6.07. The minimum atomic E-state index is -0.568. The molecule has 0 aliphatic rings. The number of methoxy groups -OCH3 is 2. The van der Waals surface area contributed by atoms with Gasteiger partial charge in [-0.15, -0.1) is 0 Å². The topological polar surface area (TPSA) is 100 Å². The van der Waals surface area contributed by atoms with Gasteiger partial charge < -0.3 is 20.1 Å². The van der Waals surface area contributed by atoms with Gasteiger partial charge in [0.05, 0.1) is 26.3 Å². The Morgan fingerprint density at radius 2 is 2.09 bits per heavy atom. The van der Waals surface area contributed by atoms with E-state index in [0.717, 1.165) is 5.56 Å². The summed E-state index contributed by atoms with van der Waals surface area (Å²) in [7, 11) is 2.79. The molecule has 7 nitrogen and oxygen atoms in total. The Morgan fingerprint density at radius 1 is 1.35 bits per heavy atom. The fraction of sp³-hybridized carbons (Fsp3) is 0.312. The van der Waals surface area contributed by atoms with Gasteiger partial charge >= 0.3 is 5.97 Å². The Bertz CT molecular complexity index is 647. The van der Waals surface area contributed by atoms with E-state index in [1.807, 2.05) is 13.0 Å². The molecular weight excluding hydrogens is 298 g/mol. The second-order valence-electron chi connectivity index (χ2n) is 4.61. The van der Waals surface area contributed by atoms with Crippen LogP contribution in [0.25, 0.3) is 0 Å². The maximum atomic E-state index is 12.1. The Hall–Kier alpha value is -3.01. The van der Waals surface area contributed by atoms with Gasteiger partial charge in [-0.25, -0.2) is 0 Å². The third-order valence-corrected chi connectivity index (χ3v) is 2.92. The van der Waals surface area contributed by atoms with Gasteiger partial charge in [0.1, 0.15) is 17.4 Å². The number of rotatable bonds is 7. The van der Waals surface area contributed by atoms with Crippen molar-refractivity contribution in [2.75, 3.05) is 26.1 Å². The van der Waals surface area contributed by atoms with Gasteiger partial charge in [0, 0.05) is 12.7 Å². The van der Waals surface area contributed by atoms with Crippen LogP contribution < -0.4 is 15.4 Å². The summed E-state index contributed by atoms with van der Waals surface area (Å²) >= 11 is 0. The number of anilines is 1. The summed E-state index contributed by atoms with van der Waals surface area (Å²) in [5, 5.41) is 14.4. The number of aryl methyl sites for hydroxylation is 1. The van der Waals surface area contributed by atoms with Crippen LogP contribution in [0, 0.1) is 18.3 Å². The van der Waals surface area contributed by atoms with Gasteiger partial charge in [-0.2, -0.15) is 5.26 Å². The zero-order valence-corrected chi connectivity index (χ0v) is 13.3. The van der Waals surface area contributed by atoms with Crippen LogP contribution in [-0.4, -0.2) is 32.6 Å². The van der Waals surface area contributed by atoms with Crippen molar-refractivity contribution >= 4 is 17.6 Å². The number of hydrogen-bond donors (Lipinski definition) is 2. The summed E-state index contributed by atoms with van der Waals surface area (Å²) in [6.07, 6.45) is 1.40. The van der Waals surface area contributed by atoms with Crippen molar-refractivity contribution in [3.8, 4) is 11.8 Å². The zero-order chi connectivity index (χ0) is 17.2. The van der Waals surface area contributed by atoms with E-state index in [0.29, 0.717) is 11.4 Å². The number of esters is 1. The SMILES string of the molecule is COC(=O)CCN/C=C(/C#N)C(=O)Nc1cc(C)ccc1OC. The average Bonchev–Trinajstić information content (AvgIpc) is 2.54. The van der Waals surface area contributed by atoms with Gasteiger partial charge in [-0.3, -0.25) is 9.59 Å². The number of nitrogens with zero attached hydrogens (tertiary/aromatic N) is 1. The van der Waals surface area contributed by atoms with Crippen LogP contribution in [0.3, 0.4) is 0 Å². The normalized spacial score (nSPS) is 10.4. The summed E-state index contributed by atoms with van der Waals surface area (Å²) in [5.74, 6) is -0.444. The predicted molar refractivity (Wildman–Crippen MR) is 84.7 cm³/mol. The largest absolute Gasteiger partial charge is 0.495 e. The first-order valence-electron chi connectivity index (χ1n) is 6.88. The minimum Gasteiger partial charge on any atom is -0.495 e. The number of hydrogen-bond acceptors (Lipinski definition) is 6. The highest BCUT2D eigenvalue weighted by atomic mass is 16.5. The minimum absolute atomic E-state index is 0.113. The first kappa shape index (κ1) is 18.0. The number of benzene rings is 1. The molecule has 1 aromatic rings. The van der Waals surface area contributed by atoms with E-state index in [1.54, 1.807) is 18.2 Å². The molecule has 0 aliphatic carbocycles. The molecule has 0 aliphatic heterocycles. The molecule has 23 heavy (non-hydrogen) atoms. The van der Waals surface area contributed by atoms with Crippen LogP contribution in [0.4, 0.5) is 5.69 Å². The van der Waals surface area contributed by atoms with Crippen molar-refractivity contribution in [3.63, 3.8) is 0 Å². The molecular formula is C16H19N3O4. The number of nitriles is 1. The lowest BCUT2D eigenvalue weighted by Crippen LogP contribution is -2.19. The van der Waals surface area contributed by atoms with Crippen molar-refractivity contribution in [2.24, 2.45) is 0 Å². The van der Waals surface area contributed by atoms with Crippen LogP contribution in [0.1, 0.15) is 12.0 Å². The lowest BCUT2D eigenvalue weighted by Gasteiger charge is -2.10. The third-order valence-electron chi connectivity index (χ3n) is 2.92. The number of amides is 1. The van der Waals surface area contributed by atoms with Crippen LogP contribution in [-0.2, 0) is 14.3 Å². The van der Waals surface area contributed by atoms with Gasteiger partial charge in [0.2, 0.25) is 0 Å². The molecule has 0 bridgehead atoms. The van der Waals surface area contributed by atoms with Gasteiger partial charge in [0.25, 0.3) is 5.91 Å². The zero-order valence-electron chi connectivity index (χ0n) is 13.3. The molecule has 0 saturated carbocycles. The molecule has 7 heteroatoms. The first-order valence-corrected chi connectivity index (χ1v) is 6.88. The summed E-state index contributed by atoms with van der Waals surface area (Å²) in [5.41, 5.74) is 1.31. The first-order chi connectivity index (χ1) is 11.0. The number of carbonyl (C=O) groups excluding carboxylic acids is 2.